The van der Waals surface area contributed by atoms with Crippen LogP contribution in [0.1, 0.15) is 48.8 Å². The van der Waals surface area contributed by atoms with Crippen molar-refractivity contribution >= 4 is 29.9 Å². The van der Waals surface area contributed by atoms with E-state index in [0.29, 0.717) is 24.6 Å². The lowest BCUT2D eigenvalue weighted by Gasteiger charge is -2.14. The first-order valence-electron chi connectivity index (χ1n) is 9.99. The largest absolute Gasteiger partial charge is 0.434 e. The van der Waals surface area contributed by atoms with E-state index < -0.39 is 6.61 Å². The van der Waals surface area contributed by atoms with Crippen LogP contribution < -0.4 is 15.4 Å². The maximum Gasteiger partial charge on any atom is 0.387 e. The van der Waals surface area contributed by atoms with Gasteiger partial charge in [-0.05, 0) is 32.8 Å². The molecular weight excluding hydrogens is 503 g/mol. The highest BCUT2D eigenvalue weighted by atomic mass is 127. The summed E-state index contributed by atoms with van der Waals surface area (Å²) in [7, 11) is 1.96. The Hall–Kier alpha value is -1.91. The number of hydrogen-bond donors (Lipinski definition) is 2. The smallest absolute Gasteiger partial charge is 0.387 e. The number of benzene rings is 1. The van der Waals surface area contributed by atoms with Crippen molar-refractivity contribution in [2.24, 2.45) is 12.0 Å². The second-order valence-corrected chi connectivity index (χ2v) is 6.74. The van der Waals surface area contributed by atoms with Gasteiger partial charge in [0.1, 0.15) is 5.75 Å². The second kappa shape index (κ2) is 12.7. The highest BCUT2D eigenvalue weighted by molar-refractivity contribution is 14.0. The molecule has 2 rings (SSSR count). The van der Waals surface area contributed by atoms with Gasteiger partial charge in [-0.3, -0.25) is 4.68 Å². The summed E-state index contributed by atoms with van der Waals surface area (Å²) in [5, 5.41) is 11.1. The zero-order valence-electron chi connectivity index (χ0n) is 18.3. The number of guanidine groups is 1. The molecule has 0 bridgehead atoms. The Morgan fingerprint density at radius 2 is 1.93 bits per heavy atom. The Kier molecular flexibility index (Phi) is 11.1. The molecule has 0 fully saturated rings. The Labute approximate surface area is 194 Å². The van der Waals surface area contributed by atoms with Gasteiger partial charge in [0.15, 0.2) is 5.96 Å². The molecule has 0 spiro atoms. The number of nitrogens with zero attached hydrogens (tertiary/aromatic N) is 3. The van der Waals surface area contributed by atoms with Gasteiger partial charge in [-0.1, -0.05) is 31.5 Å². The number of aromatic nitrogens is 2. The van der Waals surface area contributed by atoms with Gasteiger partial charge in [-0.2, -0.15) is 13.9 Å². The summed E-state index contributed by atoms with van der Waals surface area (Å²) in [4.78, 5) is 4.57. The van der Waals surface area contributed by atoms with Gasteiger partial charge >= 0.3 is 6.61 Å². The molecule has 30 heavy (non-hydrogen) atoms. The average molecular weight is 535 g/mol. The molecule has 0 atom stereocenters. The Bertz CT molecular complexity index is 839. The van der Waals surface area contributed by atoms with Crippen LogP contribution in [0.25, 0.3) is 0 Å². The van der Waals surface area contributed by atoms with E-state index in [1.807, 2.05) is 31.6 Å². The fraction of sp³-hybridized carbons (Fsp3) is 0.524. The Morgan fingerprint density at radius 3 is 2.53 bits per heavy atom. The molecule has 2 N–H and O–H groups in total. The van der Waals surface area contributed by atoms with E-state index >= 15 is 0 Å². The summed E-state index contributed by atoms with van der Waals surface area (Å²) >= 11 is 0. The minimum atomic E-state index is -2.86. The number of ether oxygens (including phenoxy) is 1. The first kappa shape index (κ1) is 26.1. The van der Waals surface area contributed by atoms with E-state index in [9.17, 15) is 8.78 Å². The van der Waals surface area contributed by atoms with E-state index in [0.717, 1.165) is 24.1 Å². The second-order valence-electron chi connectivity index (χ2n) is 6.74. The van der Waals surface area contributed by atoms with Gasteiger partial charge in [0.05, 0.1) is 12.2 Å². The summed E-state index contributed by atoms with van der Waals surface area (Å²) in [5.74, 6) is 0.768. The topological polar surface area (TPSA) is 63.5 Å². The molecule has 0 aliphatic heterocycles. The lowest BCUT2D eigenvalue weighted by atomic mass is 10.1. The summed E-state index contributed by atoms with van der Waals surface area (Å²) in [6.07, 6.45) is 1.75. The van der Waals surface area contributed by atoms with Crippen LogP contribution in [-0.4, -0.2) is 28.9 Å². The number of rotatable bonds is 9. The fourth-order valence-corrected chi connectivity index (χ4v) is 3.31. The van der Waals surface area contributed by atoms with Crippen molar-refractivity contribution in [1.82, 2.24) is 20.4 Å². The van der Waals surface area contributed by atoms with Gasteiger partial charge < -0.3 is 15.4 Å². The molecular formula is C21H32F2IN5O. The highest BCUT2D eigenvalue weighted by Crippen LogP contribution is 2.23. The van der Waals surface area contributed by atoms with E-state index in [4.69, 9.17) is 0 Å². The molecule has 1 aromatic heterocycles. The molecule has 1 aromatic carbocycles. The zero-order valence-corrected chi connectivity index (χ0v) is 20.6. The number of aryl methyl sites for hydroxylation is 3. The molecule has 6 nitrogen and oxygen atoms in total. The quantitative estimate of drug-likeness (QED) is 0.285. The minimum absolute atomic E-state index is 0. The molecule has 168 valence electrons. The highest BCUT2D eigenvalue weighted by Gasteiger charge is 2.14. The van der Waals surface area contributed by atoms with Crippen molar-refractivity contribution < 1.29 is 13.5 Å². The van der Waals surface area contributed by atoms with Crippen molar-refractivity contribution in [3.8, 4) is 5.75 Å². The number of alkyl halides is 2. The Morgan fingerprint density at radius 1 is 1.20 bits per heavy atom. The number of halogens is 3. The molecule has 0 saturated heterocycles. The molecule has 0 saturated carbocycles. The van der Waals surface area contributed by atoms with E-state index in [-0.39, 0.29) is 36.3 Å². The van der Waals surface area contributed by atoms with Crippen LogP contribution in [0, 0.1) is 6.92 Å². The summed E-state index contributed by atoms with van der Waals surface area (Å²) < 4.78 is 31.9. The number of aliphatic imine (C=N–C) groups is 1. The maximum absolute atomic E-state index is 12.7. The van der Waals surface area contributed by atoms with Crippen molar-refractivity contribution in [3.63, 3.8) is 0 Å². The molecule has 0 aliphatic rings. The first-order chi connectivity index (χ1) is 13.9. The lowest BCUT2D eigenvalue weighted by Crippen LogP contribution is -2.37. The average Bonchev–Trinajstić information content (AvgIpc) is 3.00. The fourth-order valence-electron chi connectivity index (χ4n) is 3.31. The third kappa shape index (κ3) is 7.10. The van der Waals surface area contributed by atoms with Gasteiger partial charge in [0.2, 0.25) is 0 Å². The summed E-state index contributed by atoms with van der Waals surface area (Å²) in [6, 6.07) is 5.12. The molecule has 0 unspecified atom stereocenters. The van der Waals surface area contributed by atoms with E-state index in [2.05, 4.69) is 39.3 Å². The maximum atomic E-state index is 12.7. The van der Waals surface area contributed by atoms with Crippen LogP contribution in [0.15, 0.2) is 23.2 Å². The lowest BCUT2D eigenvalue weighted by molar-refractivity contribution is -0.0504. The van der Waals surface area contributed by atoms with Gasteiger partial charge in [-0.25, -0.2) is 4.99 Å². The molecule has 2 aromatic rings. The van der Waals surface area contributed by atoms with E-state index in [1.165, 1.54) is 11.3 Å². The third-order valence-corrected chi connectivity index (χ3v) is 4.64. The van der Waals surface area contributed by atoms with Crippen LogP contribution in [0.5, 0.6) is 5.75 Å². The first-order valence-corrected chi connectivity index (χ1v) is 9.99. The normalized spacial score (nSPS) is 11.4. The van der Waals surface area contributed by atoms with Crippen molar-refractivity contribution in [2.75, 3.05) is 6.54 Å². The Balaban J connectivity index is 0.00000450. The van der Waals surface area contributed by atoms with Crippen LogP contribution in [-0.2, 0) is 33.0 Å². The van der Waals surface area contributed by atoms with Gasteiger partial charge in [0.25, 0.3) is 0 Å². The van der Waals surface area contributed by atoms with Crippen molar-refractivity contribution in [2.45, 2.75) is 60.2 Å². The predicted octanol–water partition coefficient (Wildman–Crippen LogP) is 4.33. The molecule has 0 aliphatic carbocycles. The molecule has 9 heteroatoms. The van der Waals surface area contributed by atoms with Gasteiger partial charge in [-0.15, -0.1) is 24.0 Å². The van der Waals surface area contributed by atoms with Crippen LogP contribution >= 0.6 is 24.0 Å². The summed E-state index contributed by atoms with van der Waals surface area (Å²) in [6.45, 7) is 6.74. The van der Waals surface area contributed by atoms with Crippen molar-refractivity contribution in [3.05, 3.63) is 46.3 Å². The van der Waals surface area contributed by atoms with Crippen molar-refractivity contribution in [1.29, 1.82) is 0 Å². The molecule has 1 heterocycles. The monoisotopic (exact) mass is 535 g/mol. The molecule has 0 amide bonds. The molecule has 0 radical (unpaired) electrons. The standard InChI is InChI=1S/C21H31F2N5O.HI/c1-6-17-16(18(7-2)28(5)27-17)13-26-21(24-8-3)25-12-15-11-14(4)9-10-19(15)29-20(22)23;/h9-11,20H,6-8,12-13H2,1-5H3,(H2,24,25,26);1H. The number of nitrogens with one attached hydrogen (secondary N) is 2. The third-order valence-electron chi connectivity index (χ3n) is 4.64. The number of hydrogen-bond acceptors (Lipinski definition) is 3. The van der Waals surface area contributed by atoms with E-state index in [1.54, 1.807) is 12.1 Å². The van der Waals surface area contributed by atoms with Crippen LogP contribution in [0.2, 0.25) is 0 Å². The SMILES string of the molecule is CCNC(=NCc1cc(C)ccc1OC(F)F)NCc1c(CC)nn(C)c1CC.I. The zero-order chi connectivity index (χ0) is 21.4. The van der Waals surface area contributed by atoms with Crippen LogP contribution in [0.4, 0.5) is 8.78 Å². The van der Waals surface area contributed by atoms with Gasteiger partial charge in [0, 0.05) is 37.0 Å². The predicted molar refractivity (Wildman–Crippen MR) is 127 cm³/mol. The minimum Gasteiger partial charge on any atom is -0.434 e. The summed E-state index contributed by atoms with van der Waals surface area (Å²) in [5.41, 5.74) is 5.02. The van der Waals surface area contributed by atoms with Crippen LogP contribution in [0.3, 0.4) is 0 Å².